The number of hydrogen-bond acceptors (Lipinski definition) is 2. The molecule has 80 valence electrons. The predicted octanol–water partition coefficient (Wildman–Crippen LogP) is 2.44. The van der Waals surface area contributed by atoms with Gasteiger partial charge in [-0.05, 0) is 19.9 Å². The van der Waals surface area contributed by atoms with Crippen LogP contribution in [0.4, 0.5) is 0 Å². The van der Waals surface area contributed by atoms with E-state index in [1.807, 2.05) is 0 Å². The smallest absolute Gasteiger partial charge is 0.0544 e. The van der Waals surface area contributed by atoms with Crippen LogP contribution in [-0.4, -0.2) is 25.8 Å². The van der Waals surface area contributed by atoms with E-state index >= 15 is 0 Å². The monoisotopic (exact) mass is 187 g/mol. The van der Waals surface area contributed by atoms with E-state index in [2.05, 4.69) is 39.9 Å². The molecule has 0 spiro atoms. The second kappa shape index (κ2) is 6.39. The lowest BCUT2D eigenvalue weighted by atomic mass is 9.95. The fourth-order valence-corrected chi connectivity index (χ4v) is 1.00. The molecule has 0 rings (SSSR count). The summed E-state index contributed by atoms with van der Waals surface area (Å²) in [5.41, 5.74) is 0.249. The Labute approximate surface area is 83.1 Å². The van der Waals surface area contributed by atoms with Gasteiger partial charge in [-0.1, -0.05) is 27.7 Å². The van der Waals surface area contributed by atoms with Gasteiger partial charge < -0.3 is 10.1 Å². The molecule has 13 heavy (non-hydrogen) atoms. The normalized spacial score (nSPS) is 14.5. The van der Waals surface area contributed by atoms with Gasteiger partial charge in [0.15, 0.2) is 0 Å². The molecule has 2 heteroatoms. The highest BCUT2D eigenvalue weighted by molar-refractivity contribution is 4.70. The SMILES string of the molecule is CCNCC(C)(C)COC(C)CC. The van der Waals surface area contributed by atoms with E-state index < -0.39 is 0 Å². The first-order chi connectivity index (χ1) is 6.02. The summed E-state index contributed by atoms with van der Waals surface area (Å²) < 4.78 is 5.71. The van der Waals surface area contributed by atoms with Crippen molar-refractivity contribution >= 4 is 0 Å². The maximum absolute atomic E-state index is 5.71. The Hall–Kier alpha value is -0.0800. The van der Waals surface area contributed by atoms with Crippen molar-refractivity contribution in [2.75, 3.05) is 19.7 Å². The zero-order valence-corrected chi connectivity index (χ0v) is 9.81. The van der Waals surface area contributed by atoms with Crippen molar-refractivity contribution in [1.29, 1.82) is 0 Å². The molecule has 0 aromatic carbocycles. The largest absolute Gasteiger partial charge is 0.378 e. The lowest BCUT2D eigenvalue weighted by molar-refractivity contribution is 0.0110. The number of nitrogens with one attached hydrogen (secondary N) is 1. The van der Waals surface area contributed by atoms with Crippen LogP contribution < -0.4 is 5.32 Å². The summed E-state index contributed by atoms with van der Waals surface area (Å²) in [6.45, 7) is 13.8. The Balaban J connectivity index is 3.61. The minimum Gasteiger partial charge on any atom is -0.378 e. The van der Waals surface area contributed by atoms with E-state index in [1.165, 1.54) is 0 Å². The summed E-state index contributed by atoms with van der Waals surface area (Å²) in [5.74, 6) is 0. The first kappa shape index (κ1) is 12.9. The average Bonchev–Trinajstić information content (AvgIpc) is 2.11. The van der Waals surface area contributed by atoms with Gasteiger partial charge in [-0.15, -0.1) is 0 Å². The molecule has 0 radical (unpaired) electrons. The molecule has 0 fully saturated rings. The summed E-state index contributed by atoms with van der Waals surface area (Å²) in [4.78, 5) is 0. The highest BCUT2D eigenvalue weighted by atomic mass is 16.5. The Bertz CT molecular complexity index is 123. The van der Waals surface area contributed by atoms with Crippen LogP contribution in [0.5, 0.6) is 0 Å². The van der Waals surface area contributed by atoms with E-state index in [1.54, 1.807) is 0 Å². The van der Waals surface area contributed by atoms with Gasteiger partial charge in [0.1, 0.15) is 0 Å². The van der Waals surface area contributed by atoms with Crippen molar-refractivity contribution in [2.45, 2.75) is 47.1 Å². The molecule has 1 atom stereocenters. The Morgan fingerprint density at radius 1 is 1.31 bits per heavy atom. The second-order valence-corrected chi connectivity index (χ2v) is 4.47. The molecule has 0 aliphatic carbocycles. The molecule has 0 aromatic heterocycles. The van der Waals surface area contributed by atoms with Crippen LogP contribution in [0.1, 0.15) is 41.0 Å². The van der Waals surface area contributed by atoms with Crippen LogP contribution in [0.2, 0.25) is 0 Å². The van der Waals surface area contributed by atoms with Crippen LogP contribution in [0.3, 0.4) is 0 Å². The summed E-state index contributed by atoms with van der Waals surface area (Å²) in [7, 11) is 0. The first-order valence-electron chi connectivity index (χ1n) is 5.34. The minimum absolute atomic E-state index is 0.249. The zero-order chi connectivity index (χ0) is 10.3. The van der Waals surface area contributed by atoms with Gasteiger partial charge in [0.2, 0.25) is 0 Å². The standard InChI is InChI=1S/C11H25NO/c1-6-10(3)13-9-11(4,5)8-12-7-2/h10,12H,6-9H2,1-5H3. The average molecular weight is 187 g/mol. The maximum atomic E-state index is 5.71. The minimum atomic E-state index is 0.249. The lowest BCUT2D eigenvalue weighted by Crippen LogP contribution is -2.34. The molecule has 2 nitrogen and oxygen atoms in total. The summed E-state index contributed by atoms with van der Waals surface area (Å²) >= 11 is 0. The highest BCUT2D eigenvalue weighted by Gasteiger charge is 2.18. The number of rotatable bonds is 7. The molecule has 0 saturated carbocycles. The van der Waals surface area contributed by atoms with E-state index in [-0.39, 0.29) is 5.41 Å². The predicted molar refractivity (Wildman–Crippen MR) is 58.0 cm³/mol. The van der Waals surface area contributed by atoms with Gasteiger partial charge in [0, 0.05) is 12.0 Å². The van der Waals surface area contributed by atoms with E-state index in [4.69, 9.17) is 4.74 Å². The van der Waals surface area contributed by atoms with E-state index in [9.17, 15) is 0 Å². The van der Waals surface area contributed by atoms with Crippen molar-refractivity contribution in [3.05, 3.63) is 0 Å². The van der Waals surface area contributed by atoms with Crippen molar-refractivity contribution in [2.24, 2.45) is 5.41 Å². The van der Waals surface area contributed by atoms with Gasteiger partial charge in [-0.2, -0.15) is 0 Å². The molecular weight excluding hydrogens is 162 g/mol. The Morgan fingerprint density at radius 2 is 1.92 bits per heavy atom. The highest BCUT2D eigenvalue weighted by Crippen LogP contribution is 2.15. The van der Waals surface area contributed by atoms with Crippen LogP contribution >= 0.6 is 0 Å². The fourth-order valence-electron chi connectivity index (χ4n) is 1.00. The Morgan fingerprint density at radius 3 is 2.38 bits per heavy atom. The number of ether oxygens (including phenoxy) is 1. The molecule has 0 heterocycles. The summed E-state index contributed by atoms with van der Waals surface area (Å²) in [5, 5.41) is 3.35. The third-order valence-corrected chi connectivity index (χ3v) is 2.19. The maximum Gasteiger partial charge on any atom is 0.0544 e. The van der Waals surface area contributed by atoms with E-state index in [0.717, 1.165) is 26.1 Å². The molecule has 0 aromatic rings. The van der Waals surface area contributed by atoms with Crippen LogP contribution in [0.15, 0.2) is 0 Å². The lowest BCUT2D eigenvalue weighted by Gasteiger charge is -2.26. The van der Waals surface area contributed by atoms with Crippen molar-refractivity contribution in [3.8, 4) is 0 Å². The molecular formula is C11H25NO. The van der Waals surface area contributed by atoms with E-state index in [0.29, 0.717) is 6.10 Å². The van der Waals surface area contributed by atoms with Gasteiger partial charge in [-0.3, -0.25) is 0 Å². The molecule has 0 amide bonds. The number of hydrogen-bond donors (Lipinski definition) is 1. The third-order valence-electron chi connectivity index (χ3n) is 2.19. The second-order valence-electron chi connectivity index (χ2n) is 4.47. The van der Waals surface area contributed by atoms with Crippen molar-refractivity contribution in [3.63, 3.8) is 0 Å². The molecule has 0 bridgehead atoms. The first-order valence-corrected chi connectivity index (χ1v) is 5.34. The van der Waals surface area contributed by atoms with Crippen molar-refractivity contribution < 1.29 is 4.74 Å². The van der Waals surface area contributed by atoms with Gasteiger partial charge in [-0.25, -0.2) is 0 Å². The third kappa shape index (κ3) is 7.03. The molecule has 1 unspecified atom stereocenters. The fraction of sp³-hybridized carbons (Fsp3) is 1.00. The molecule has 0 aliphatic rings. The van der Waals surface area contributed by atoms with Crippen LogP contribution in [-0.2, 0) is 4.74 Å². The summed E-state index contributed by atoms with van der Waals surface area (Å²) in [6, 6.07) is 0. The summed E-state index contributed by atoms with van der Waals surface area (Å²) in [6.07, 6.45) is 1.48. The van der Waals surface area contributed by atoms with Crippen LogP contribution in [0.25, 0.3) is 0 Å². The Kier molecular flexibility index (Phi) is 6.35. The van der Waals surface area contributed by atoms with Gasteiger partial charge >= 0.3 is 0 Å². The van der Waals surface area contributed by atoms with Crippen molar-refractivity contribution in [1.82, 2.24) is 5.32 Å². The topological polar surface area (TPSA) is 21.3 Å². The molecule has 0 saturated heterocycles. The van der Waals surface area contributed by atoms with Crippen LogP contribution in [0, 0.1) is 5.41 Å². The molecule has 0 aliphatic heterocycles. The zero-order valence-electron chi connectivity index (χ0n) is 9.81. The van der Waals surface area contributed by atoms with Gasteiger partial charge in [0.05, 0.1) is 12.7 Å². The quantitative estimate of drug-likeness (QED) is 0.661. The molecule has 1 N–H and O–H groups in total. The van der Waals surface area contributed by atoms with Gasteiger partial charge in [0.25, 0.3) is 0 Å².